The molecule has 0 aliphatic heterocycles. The standard InChI is InChI=1S/C24H33NO3SSi/c1-20-13-15-23(16-14-20)29(26,27)18-17-25(28-30(6,7)24(3,4)5)19-21(2)22-11-9-8-10-12-22/h8-18H,2,19H2,1,3-7H3/b18-17+. The smallest absolute Gasteiger partial charge is 0.228 e. The molecule has 2 aromatic rings. The van der Waals surface area contributed by atoms with Crippen molar-refractivity contribution in [3.05, 3.63) is 83.9 Å². The molecule has 0 N–H and O–H groups in total. The fraction of sp³-hybridized carbons (Fsp3) is 0.333. The van der Waals surface area contributed by atoms with Gasteiger partial charge in [0.1, 0.15) is 0 Å². The second-order valence-electron chi connectivity index (χ2n) is 9.04. The van der Waals surface area contributed by atoms with E-state index in [1.54, 1.807) is 29.3 Å². The van der Waals surface area contributed by atoms with Gasteiger partial charge in [-0.1, -0.05) is 75.4 Å². The fourth-order valence-electron chi connectivity index (χ4n) is 2.45. The third kappa shape index (κ3) is 6.42. The van der Waals surface area contributed by atoms with Gasteiger partial charge in [-0.15, -0.1) is 0 Å². The van der Waals surface area contributed by atoms with Crippen LogP contribution in [0.1, 0.15) is 31.9 Å². The van der Waals surface area contributed by atoms with Gasteiger partial charge in [0.2, 0.25) is 18.2 Å². The minimum absolute atomic E-state index is 0.0248. The Kier molecular flexibility index (Phi) is 7.50. The number of hydrogen-bond donors (Lipinski definition) is 0. The Hall–Kier alpha value is -2.15. The van der Waals surface area contributed by atoms with Crippen LogP contribution in [0.15, 0.2) is 77.7 Å². The van der Waals surface area contributed by atoms with Crippen LogP contribution in [0.25, 0.3) is 5.57 Å². The van der Waals surface area contributed by atoms with Crippen LogP contribution in [0.2, 0.25) is 18.1 Å². The molecule has 0 fully saturated rings. The van der Waals surface area contributed by atoms with Crippen LogP contribution >= 0.6 is 0 Å². The second kappa shape index (κ2) is 9.33. The summed E-state index contributed by atoms with van der Waals surface area (Å²) in [5.74, 6) is 0. The number of hydrogen-bond acceptors (Lipinski definition) is 4. The Labute approximate surface area is 182 Å². The first kappa shape index (κ1) is 24.1. The molecule has 0 heterocycles. The van der Waals surface area contributed by atoms with Gasteiger partial charge < -0.3 is 4.53 Å². The van der Waals surface area contributed by atoms with Crippen LogP contribution in [0.3, 0.4) is 0 Å². The first-order valence-electron chi connectivity index (χ1n) is 10.0. The van der Waals surface area contributed by atoms with E-state index in [2.05, 4.69) is 40.4 Å². The molecule has 2 rings (SSSR count). The summed E-state index contributed by atoms with van der Waals surface area (Å²) in [6, 6.07) is 16.7. The Morgan fingerprint density at radius 2 is 1.63 bits per heavy atom. The third-order valence-corrected chi connectivity index (χ3v) is 11.1. The minimum atomic E-state index is -3.58. The van der Waals surface area contributed by atoms with E-state index in [0.29, 0.717) is 6.54 Å². The van der Waals surface area contributed by atoms with Crippen molar-refractivity contribution in [2.24, 2.45) is 0 Å². The van der Waals surface area contributed by atoms with E-state index in [9.17, 15) is 8.42 Å². The number of rotatable bonds is 8. The summed E-state index contributed by atoms with van der Waals surface area (Å²) < 4.78 is 32.0. The summed E-state index contributed by atoms with van der Waals surface area (Å²) in [7, 11) is -5.76. The SMILES string of the molecule is C=C(CN(/C=C/S(=O)(=O)c1ccc(C)cc1)O[Si](C)(C)C(C)(C)C)c1ccccc1. The highest BCUT2D eigenvalue weighted by Gasteiger charge is 2.39. The number of nitrogens with zero attached hydrogens (tertiary/aromatic N) is 1. The first-order chi connectivity index (χ1) is 13.8. The average molecular weight is 444 g/mol. The van der Waals surface area contributed by atoms with Crippen molar-refractivity contribution >= 4 is 23.7 Å². The normalized spacial score (nSPS) is 12.9. The zero-order valence-corrected chi connectivity index (χ0v) is 20.7. The van der Waals surface area contributed by atoms with Gasteiger partial charge in [-0.25, -0.2) is 8.42 Å². The molecular weight excluding hydrogens is 410 g/mol. The number of aryl methyl sites for hydroxylation is 1. The molecule has 0 atom stereocenters. The quantitative estimate of drug-likeness (QED) is 0.360. The molecule has 0 saturated heterocycles. The summed E-state index contributed by atoms with van der Waals surface area (Å²) in [6.45, 7) is 17.2. The highest BCUT2D eigenvalue weighted by atomic mass is 32.2. The maximum absolute atomic E-state index is 12.8. The fourth-order valence-corrected chi connectivity index (χ4v) is 4.41. The highest BCUT2D eigenvalue weighted by molar-refractivity contribution is 7.94. The van der Waals surface area contributed by atoms with Gasteiger partial charge in [-0.05, 0) is 48.3 Å². The lowest BCUT2D eigenvalue weighted by molar-refractivity contribution is -0.00987. The van der Waals surface area contributed by atoms with Crippen LogP contribution in [-0.2, 0) is 14.4 Å². The molecule has 0 amide bonds. The van der Waals surface area contributed by atoms with Crippen LogP contribution in [0, 0.1) is 6.92 Å². The zero-order valence-electron chi connectivity index (χ0n) is 18.8. The maximum Gasteiger partial charge on any atom is 0.228 e. The molecule has 0 spiro atoms. The van der Waals surface area contributed by atoms with Crippen molar-refractivity contribution in [1.82, 2.24) is 5.06 Å². The van der Waals surface area contributed by atoms with E-state index >= 15 is 0 Å². The highest BCUT2D eigenvalue weighted by Crippen LogP contribution is 2.37. The van der Waals surface area contributed by atoms with Gasteiger partial charge >= 0.3 is 0 Å². The summed E-state index contributed by atoms with van der Waals surface area (Å²) >= 11 is 0. The molecule has 162 valence electrons. The number of benzene rings is 2. The molecule has 0 saturated carbocycles. The van der Waals surface area contributed by atoms with Crippen LogP contribution in [-0.4, -0.2) is 28.3 Å². The Morgan fingerprint density at radius 1 is 1.07 bits per heavy atom. The van der Waals surface area contributed by atoms with Crippen molar-refractivity contribution in [2.75, 3.05) is 6.54 Å². The van der Waals surface area contributed by atoms with Gasteiger partial charge in [0.25, 0.3) is 0 Å². The van der Waals surface area contributed by atoms with Crippen LogP contribution in [0.4, 0.5) is 0 Å². The van der Waals surface area contributed by atoms with E-state index in [1.807, 2.05) is 37.3 Å². The van der Waals surface area contributed by atoms with E-state index in [-0.39, 0.29) is 9.93 Å². The lowest BCUT2D eigenvalue weighted by atomic mass is 10.1. The molecule has 0 aliphatic carbocycles. The van der Waals surface area contributed by atoms with Gasteiger partial charge in [0.15, 0.2) is 0 Å². The molecule has 2 aromatic carbocycles. The molecule has 4 nitrogen and oxygen atoms in total. The molecule has 0 radical (unpaired) electrons. The van der Waals surface area contributed by atoms with E-state index in [4.69, 9.17) is 4.53 Å². The molecule has 0 aliphatic rings. The number of hydroxylamine groups is 2. The molecule has 6 heteroatoms. The van der Waals surface area contributed by atoms with E-state index in [1.165, 1.54) is 11.6 Å². The molecule has 0 aromatic heterocycles. The molecular formula is C24H33NO3SSi. The van der Waals surface area contributed by atoms with Gasteiger partial charge in [0, 0.05) is 6.20 Å². The zero-order chi connectivity index (χ0) is 22.6. The molecule has 0 bridgehead atoms. The van der Waals surface area contributed by atoms with Gasteiger partial charge in [-0.3, -0.25) is 5.06 Å². The summed E-state index contributed by atoms with van der Waals surface area (Å²) in [6.07, 6.45) is 1.52. The average Bonchev–Trinajstić information content (AvgIpc) is 2.66. The van der Waals surface area contributed by atoms with Gasteiger partial charge in [0.05, 0.1) is 16.8 Å². The van der Waals surface area contributed by atoms with Crippen molar-refractivity contribution in [3.63, 3.8) is 0 Å². The van der Waals surface area contributed by atoms with E-state index < -0.39 is 18.2 Å². The van der Waals surface area contributed by atoms with Crippen molar-refractivity contribution < 1.29 is 12.9 Å². The van der Waals surface area contributed by atoms with Crippen molar-refractivity contribution in [1.29, 1.82) is 0 Å². The largest absolute Gasteiger partial charge is 0.320 e. The lowest BCUT2D eigenvalue weighted by Gasteiger charge is -2.39. The van der Waals surface area contributed by atoms with Crippen LogP contribution in [0.5, 0.6) is 0 Å². The Balaban J connectivity index is 2.31. The van der Waals surface area contributed by atoms with Crippen LogP contribution < -0.4 is 0 Å². The van der Waals surface area contributed by atoms with Gasteiger partial charge in [-0.2, -0.15) is 0 Å². The van der Waals surface area contributed by atoms with E-state index in [0.717, 1.165) is 16.7 Å². The Bertz CT molecular complexity index is 989. The monoisotopic (exact) mass is 443 g/mol. The molecule has 0 unspecified atom stereocenters. The lowest BCUT2D eigenvalue weighted by Crippen LogP contribution is -2.45. The Morgan fingerprint density at radius 3 is 2.17 bits per heavy atom. The summed E-state index contributed by atoms with van der Waals surface area (Å²) in [5.41, 5.74) is 2.86. The predicted molar refractivity (Wildman–Crippen MR) is 128 cm³/mol. The maximum atomic E-state index is 12.8. The predicted octanol–water partition coefficient (Wildman–Crippen LogP) is 6.19. The van der Waals surface area contributed by atoms with Crippen molar-refractivity contribution in [2.45, 2.75) is 50.7 Å². The topological polar surface area (TPSA) is 46.6 Å². The number of sulfone groups is 1. The summed E-state index contributed by atoms with van der Waals surface area (Å²) in [5, 5.41) is 2.81. The third-order valence-electron chi connectivity index (χ3n) is 5.44. The molecule has 30 heavy (non-hydrogen) atoms. The summed E-state index contributed by atoms with van der Waals surface area (Å²) in [4.78, 5) is 0.263. The first-order valence-corrected chi connectivity index (χ1v) is 14.5. The van der Waals surface area contributed by atoms with Crippen molar-refractivity contribution in [3.8, 4) is 0 Å². The minimum Gasteiger partial charge on any atom is -0.320 e. The second-order valence-corrected chi connectivity index (χ2v) is 15.6.